The molecule has 2 aliphatic heterocycles. The number of hydrogen-bond acceptors (Lipinski definition) is 6. The molecule has 2 aromatic rings. The van der Waals surface area contributed by atoms with Crippen molar-refractivity contribution < 1.29 is 23.4 Å². The molecule has 1 saturated heterocycles. The highest BCUT2D eigenvalue weighted by atomic mass is 32.2. The molecule has 0 bridgehead atoms. The summed E-state index contributed by atoms with van der Waals surface area (Å²) >= 11 is 1.86. The minimum Gasteiger partial charge on any atom is -0.495 e. The largest absolute Gasteiger partial charge is 0.495 e. The lowest BCUT2D eigenvalue weighted by atomic mass is 9.99. The Balaban J connectivity index is 1.96. The van der Waals surface area contributed by atoms with Crippen LogP contribution in [0.1, 0.15) is 23.2 Å². The zero-order valence-electron chi connectivity index (χ0n) is 12.9. The van der Waals surface area contributed by atoms with E-state index >= 15 is 0 Å². The topological polar surface area (TPSA) is 69.9 Å². The van der Waals surface area contributed by atoms with Crippen molar-refractivity contribution in [2.75, 3.05) is 25.7 Å². The summed E-state index contributed by atoms with van der Waals surface area (Å²) in [6.07, 6.45) is 3.06. The summed E-state index contributed by atoms with van der Waals surface area (Å²) in [5, 5.41) is 3.72. The maximum absolute atomic E-state index is 12.8. The molecular weight excluding hydrogens is 318 g/mol. The first-order valence-corrected chi connectivity index (χ1v) is 8.59. The van der Waals surface area contributed by atoms with Crippen LogP contribution >= 0.6 is 11.8 Å². The molecule has 1 spiro atoms. The highest BCUT2D eigenvalue weighted by Gasteiger charge is 2.44. The first-order valence-electron chi connectivity index (χ1n) is 7.43. The molecule has 23 heavy (non-hydrogen) atoms. The van der Waals surface area contributed by atoms with E-state index in [2.05, 4.69) is 5.32 Å². The molecule has 4 rings (SSSR count). The Morgan fingerprint density at radius 2 is 1.96 bits per heavy atom. The van der Waals surface area contributed by atoms with E-state index in [0.29, 0.717) is 33.8 Å². The van der Waals surface area contributed by atoms with Crippen molar-refractivity contribution in [2.45, 2.75) is 18.6 Å². The summed E-state index contributed by atoms with van der Waals surface area (Å²) in [4.78, 5) is 12.8. The maximum Gasteiger partial charge on any atom is 0.262 e. The van der Waals surface area contributed by atoms with Crippen LogP contribution < -0.4 is 19.5 Å². The van der Waals surface area contributed by atoms with Crippen LogP contribution in [0.4, 0.5) is 0 Å². The molecule has 2 aliphatic rings. The van der Waals surface area contributed by atoms with Gasteiger partial charge in [0.1, 0.15) is 11.3 Å². The van der Waals surface area contributed by atoms with Crippen LogP contribution in [0.15, 0.2) is 16.7 Å². The van der Waals surface area contributed by atoms with E-state index in [9.17, 15) is 4.79 Å². The summed E-state index contributed by atoms with van der Waals surface area (Å²) in [6, 6.07) is 1.76. The van der Waals surface area contributed by atoms with Gasteiger partial charge in [-0.2, -0.15) is 11.8 Å². The minimum absolute atomic E-state index is 0.198. The lowest BCUT2D eigenvalue weighted by Crippen LogP contribution is -2.58. The molecule has 6 nitrogen and oxygen atoms in total. The fraction of sp³-hybridized carbons (Fsp3) is 0.438. The summed E-state index contributed by atoms with van der Waals surface area (Å²) in [5.74, 6) is 2.98. The SMILES string of the molecule is COc1c2c(c(OC)c3occc13)OC1(CCSCC1)NC2=O. The Bertz CT molecular complexity index is 778. The third-order valence-corrected chi connectivity index (χ3v) is 5.34. The quantitative estimate of drug-likeness (QED) is 0.910. The van der Waals surface area contributed by atoms with Gasteiger partial charge in [0.2, 0.25) is 5.75 Å². The van der Waals surface area contributed by atoms with Gasteiger partial charge in [-0.05, 0) is 17.6 Å². The van der Waals surface area contributed by atoms with E-state index < -0.39 is 5.72 Å². The molecule has 0 radical (unpaired) electrons. The molecule has 3 heterocycles. The number of methoxy groups -OCH3 is 2. The second-order valence-corrected chi connectivity index (χ2v) is 6.82. The van der Waals surface area contributed by atoms with Gasteiger partial charge in [0.05, 0.1) is 25.9 Å². The Morgan fingerprint density at radius 1 is 1.22 bits per heavy atom. The van der Waals surface area contributed by atoms with Crippen LogP contribution in [0, 0.1) is 0 Å². The zero-order chi connectivity index (χ0) is 16.0. The number of amides is 1. The molecule has 1 aromatic heterocycles. The fourth-order valence-electron chi connectivity index (χ4n) is 3.24. The second kappa shape index (κ2) is 5.26. The lowest BCUT2D eigenvalue weighted by molar-refractivity contribution is 0.0101. The number of nitrogens with one attached hydrogen (secondary N) is 1. The van der Waals surface area contributed by atoms with Crippen LogP contribution in [-0.2, 0) is 0 Å². The van der Waals surface area contributed by atoms with Gasteiger partial charge in [-0.1, -0.05) is 0 Å². The Hall–Kier alpha value is -2.02. The van der Waals surface area contributed by atoms with Crippen molar-refractivity contribution in [3.8, 4) is 17.2 Å². The van der Waals surface area contributed by atoms with Gasteiger partial charge in [-0.15, -0.1) is 0 Å². The first-order chi connectivity index (χ1) is 11.2. The van der Waals surface area contributed by atoms with Crippen LogP contribution in [0.5, 0.6) is 17.2 Å². The Kier molecular flexibility index (Phi) is 3.33. The van der Waals surface area contributed by atoms with Gasteiger partial charge in [0.25, 0.3) is 5.91 Å². The second-order valence-electron chi connectivity index (χ2n) is 5.60. The molecular formula is C16H17NO5S. The monoisotopic (exact) mass is 335 g/mol. The number of carbonyl (C=O) groups is 1. The predicted octanol–water partition coefficient (Wildman–Crippen LogP) is 2.80. The van der Waals surface area contributed by atoms with Gasteiger partial charge >= 0.3 is 0 Å². The van der Waals surface area contributed by atoms with Crippen molar-refractivity contribution in [2.24, 2.45) is 0 Å². The first kappa shape index (κ1) is 14.6. The van der Waals surface area contributed by atoms with Crippen molar-refractivity contribution in [1.29, 1.82) is 0 Å². The number of hydrogen-bond donors (Lipinski definition) is 1. The van der Waals surface area contributed by atoms with Crippen molar-refractivity contribution in [1.82, 2.24) is 5.32 Å². The van der Waals surface area contributed by atoms with E-state index in [-0.39, 0.29) is 5.91 Å². The maximum atomic E-state index is 12.8. The van der Waals surface area contributed by atoms with E-state index in [1.165, 1.54) is 7.11 Å². The smallest absolute Gasteiger partial charge is 0.262 e. The number of furan rings is 1. The molecule has 1 amide bonds. The Morgan fingerprint density at radius 3 is 2.65 bits per heavy atom. The molecule has 7 heteroatoms. The third kappa shape index (κ3) is 2.06. The van der Waals surface area contributed by atoms with Gasteiger partial charge in [0, 0.05) is 12.8 Å². The summed E-state index contributed by atoms with van der Waals surface area (Å²) in [7, 11) is 3.08. The number of benzene rings is 1. The van der Waals surface area contributed by atoms with Gasteiger partial charge in [-0.3, -0.25) is 4.79 Å². The molecule has 0 saturated carbocycles. The molecule has 0 unspecified atom stereocenters. The standard InChI is InChI=1S/C16H17NO5S/c1-19-11-9-3-6-21-12(9)14(20-2)13-10(11)15(18)17-16(22-13)4-7-23-8-5-16/h3,6H,4-5,7-8H2,1-2H3,(H,17,18). The van der Waals surface area contributed by atoms with Gasteiger partial charge < -0.3 is 23.9 Å². The van der Waals surface area contributed by atoms with Crippen molar-refractivity contribution >= 4 is 28.6 Å². The molecule has 122 valence electrons. The summed E-state index contributed by atoms with van der Waals surface area (Å²) in [5.41, 5.74) is 0.216. The number of thioether (sulfide) groups is 1. The number of rotatable bonds is 2. The van der Waals surface area contributed by atoms with Crippen LogP contribution in [0.3, 0.4) is 0 Å². The molecule has 1 N–H and O–H groups in total. The van der Waals surface area contributed by atoms with E-state index in [0.717, 1.165) is 24.3 Å². The Labute approximate surface area is 137 Å². The van der Waals surface area contributed by atoms with Crippen molar-refractivity contribution in [3.63, 3.8) is 0 Å². The molecule has 0 aliphatic carbocycles. The van der Waals surface area contributed by atoms with E-state index in [1.54, 1.807) is 19.4 Å². The molecule has 0 atom stereocenters. The average molecular weight is 335 g/mol. The zero-order valence-corrected chi connectivity index (χ0v) is 13.7. The lowest BCUT2D eigenvalue weighted by Gasteiger charge is -2.41. The summed E-state index contributed by atoms with van der Waals surface area (Å²) in [6.45, 7) is 0. The summed E-state index contributed by atoms with van der Waals surface area (Å²) < 4.78 is 22.8. The fourth-order valence-corrected chi connectivity index (χ4v) is 4.39. The van der Waals surface area contributed by atoms with E-state index in [1.807, 2.05) is 11.8 Å². The van der Waals surface area contributed by atoms with Crippen LogP contribution in [0.2, 0.25) is 0 Å². The highest BCUT2D eigenvalue weighted by Crippen LogP contribution is 2.50. The predicted molar refractivity (Wildman–Crippen MR) is 86.7 cm³/mol. The van der Waals surface area contributed by atoms with Gasteiger partial charge in [-0.25, -0.2) is 0 Å². The van der Waals surface area contributed by atoms with Crippen molar-refractivity contribution in [3.05, 3.63) is 17.9 Å². The van der Waals surface area contributed by atoms with Crippen LogP contribution in [0.25, 0.3) is 11.0 Å². The highest BCUT2D eigenvalue weighted by molar-refractivity contribution is 7.99. The molecule has 1 fully saturated rings. The van der Waals surface area contributed by atoms with Crippen LogP contribution in [-0.4, -0.2) is 37.4 Å². The number of fused-ring (bicyclic) bond motifs is 2. The number of ether oxygens (including phenoxy) is 3. The minimum atomic E-state index is -0.673. The normalized spacial score (nSPS) is 19.1. The molecule has 1 aromatic carbocycles. The van der Waals surface area contributed by atoms with E-state index in [4.69, 9.17) is 18.6 Å². The average Bonchev–Trinajstić information content (AvgIpc) is 3.02. The number of carbonyl (C=O) groups excluding carboxylic acids is 1. The third-order valence-electron chi connectivity index (χ3n) is 4.35. The van der Waals surface area contributed by atoms with Gasteiger partial charge in [0.15, 0.2) is 17.1 Å².